The fourth-order valence-corrected chi connectivity index (χ4v) is 3.10. The van der Waals surface area contributed by atoms with E-state index in [2.05, 4.69) is 10.4 Å². The summed E-state index contributed by atoms with van der Waals surface area (Å²) in [5, 5.41) is 8.44. The SMILES string of the molecule is C[C@@H]1CC(c2ccccc2)=NN(CC(=O)Nc2ccc3c(c2)OCO3)C1=O. The van der Waals surface area contributed by atoms with E-state index in [1.165, 1.54) is 5.01 Å². The second-order valence-electron chi connectivity index (χ2n) is 6.53. The van der Waals surface area contributed by atoms with Crippen molar-refractivity contribution in [1.82, 2.24) is 5.01 Å². The fraction of sp³-hybridized carbons (Fsp3) is 0.250. The van der Waals surface area contributed by atoms with Gasteiger partial charge in [0.05, 0.1) is 5.71 Å². The molecule has 2 aliphatic heterocycles. The van der Waals surface area contributed by atoms with E-state index in [9.17, 15) is 9.59 Å². The highest BCUT2D eigenvalue weighted by atomic mass is 16.7. The monoisotopic (exact) mass is 365 g/mol. The minimum atomic E-state index is -0.326. The van der Waals surface area contributed by atoms with E-state index in [-0.39, 0.29) is 31.1 Å². The van der Waals surface area contributed by atoms with Crippen LogP contribution in [0, 0.1) is 5.92 Å². The Morgan fingerprint density at radius 2 is 1.96 bits per heavy atom. The van der Waals surface area contributed by atoms with Crippen molar-refractivity contribution in [2.75, 3.05) is 18.7 Å². The van der Waals surface area contributed by atoms with Gasteiger partial charge in [0.25, 0.3) is 0 Å². The number of hydrazone groups is 1. The maximum atomic E-state index is 12.4. The number of benzene rings is 2. The minimum Gasteiger partial charge on any atom is -0.454 e. The summed E-state index contributed by atoms with van der Waals surface area (Å²) in [4.78, 5) is 24.9. The molecule has 0 aliphatic carbocycles. The van der Waals surface area contributed by atoms with Crippen molar-refractivity contribution in [3.05, 3.63) is 54.1 Å². The molecule has 0 spiro atoms. The van der Waals surface area contributed by atoms with Crippen LogP contribution in [0.25, 0.3) is 0 Å². The molecule has 0 radical (unpaired) electrons. The Morgan fingerprint density at radius 1 is 1.19 bits per heavy atom. The Kier molecular flexibility index (Phi) is 4.50. The summed E-state index contributed by atoms with van der Waals surface area (Å²) in [7, 11) is 0. The van der Waals surface area contributed by atoms with E-state index >= 15 is 0 Å². The molecule has 7 nitrogen and oxygen atoms in total. The number of anilines is 1. The first-order valence-electron chi connectivity index (χ1n) is 8.74. The lowest BCUT2D eigenvalue weighted by atomic mass is 9.96. The van der Waals surface area contributed by atoms with Crippen molar-refractivity contribution >= 4 is 23.2 Å². The number of fused-ring (bicyclic) bond motifs is 1. The molecule has 2 aliphatic rings. The van der Waals surface area contributed by atoms with Crippen LogP contribution in [-0.2, 0) is 9.59 Å². The highest BCUT2D eigenvalue weighted by Crippen LogP contribution is 2.34. The largest absolute Gasteiger partial charge is 0.454 e. The molecule has 0 bridgehead atoms. The van der Waals surface area contributed by atoms with Crippen LogP contribution in [0.3, 0.4) is 0 Å². The number of rotatable bonds is 4. The summed E-state index contributed by atoms with van der Waals surface area (Å²) in [6, 6.07) is 14.8. The van der Waals surface area contributed by atoms with Crippen LogP contribution in [-0.4, -0.2) is 35.9 Å². The van der Waals surface area contributed by atoms with E-state index in [1.54, 1.807) is 18.2 Å². The summed E-state index contributed by atoms with van der Waals surface area (Å²) in [5.41, 5.74) is 2.34. The van der Waals surface area contributed by atoms with Crippen molar-refractivity contribution in [2.24, 2.45) is 11.0 Å². The van der Waals surface area contributed by atoms with Crippen LogP contribution in [0.4, 0.5) is 5.69 Å². The van der Waals surface area contributed by atoms with Crippen molar-refractivity contribution in [2.45, 2.75) is 13.3 Å². The highest BCUT2D eigenvalue weighted by molar-refractivity contribution is 6.05. The van der Waals surface area contributed by atoms with Crippen molar-refractivity contribution < 1.29 is 19.1 Å². The summed E-state index contributed by atoms with van der Waals surface area (Å²) < 4.78 is 10.6. The molecule has 27 heavy (non-hydrogen) atoms. The van der Waals surface area contributed by atoms with Gasteiger partial charge in [-0.15, -0.1) is 0 Å². The molecule has 2 aromatic carbocycles. The molecule has 0 aromatic heterocycles. The zero-order valence-electron chi connectivity index (χ0n) is 14.8. The van der Waals surface area contributed by atoms with Gasteiger partial charge >= 0.3 is 0 Å². The Hall–Kier alpha value is -3.35. The van der Waals surface area contributed by atoms with Gasteiger partial charge in [-0.1, -0.05) is 37.3 Å². The molecule has 7 heteroatoms. The molecule has 2 amide bonds. The average molecular weight is 365 g/mol. The summed E-state index contributed by atoms with van der Waals surface area (Å²) in [6.07, 6.45) is 0.559. The van der Waals surface area contributed by atoms with Gasteiger partial charge in [-0.2, -0.15) is 5.10 Å². The zero-order valence-corrected chi connectivity index (χ0v) is 14.8. The topological polar surface area (TPSA) is 80.2 Å². The number of nitrogens with one attached hydrogen (secondary N) is 1. The Balaban J connectivity index is 1.48. The Bertz CT molecular complexity index is 911. The highest BCUT2D eigenvalue weighted by Gasteiger charge is 2.29. The third kappa shape index (κ3) is 3.62. The molecule has 138 valence electrons. The van der Waals surface area contributed by atoms with Crippen LogP contribution in [0.15, 0.2) is 53.6 Å². The van der Waals surface area contributed by atoms with Crippen molar-refractivity contribution in [3.8, 4) is 11.5 Å². The molecular formula is C20H19N3O4. The second kappa shape index (κ2) is 7.11. The molecule has 0 saturated carbocycles. The fourth-order valence-electron chi connectivity index (χ4n) is 3.10. The Labute approximate surface area is 156 Å². The van der Waals surface area contributed by atoms with E-state index < -0.39 is 0 Å². The molecule has 0 unspecified atom stereocenters. The molecule has 1 N–H and O–H groups in total. The smallest absolute Gasteiger partial charge is 0.246 e. The normalized spacial score (nSPS) is 18.3. The van der Waals surface area contributed by atoms with E-state index in [0.717, 1.165) is 11.3 Å². The lowest BCUT2D eigenvalue weighted by Crippen LogP contribution is -2.41. The van der Waals surface area contributed by atoms with Crippen LogP contribution < -0.4 is 14.8 Å². The molecule has 4 rings (SSSR count). The quantitative estimate of drug-likeness (QED) is 0.903. The van der Waals surface area contributed by atoms with Gasteiger partial charge in [0.1, 0.15) is 6.54 Å². The summed E-state index contributed by atoms with van der Waals surface area (Å²) in [6.45, 7) is 1.88. The maximum Gasteiger partial charge on any atom is 0.246 e. The molecule has 0 saturated heterocycles. The minimum absolute atomic E-state index is 0.145. The maximum absolute atomic E-state index is 12.4. The third-order valence-corrected chi connectivity index (χ3v) is 4.47. The van der Waals surface area contributed by atoms with Crippen LogP contribution >= 0.6 is 0 Å². The number of hydrogen-bond acceptors (Lipinski definition) is 5. The average Bonchev–Trinajstić information content (AvgIpc) is 3.13. The first kappa shape index (κ1) is 17.1. The van der Waals surface area contributed by atoms with E-state index in [0.29, 0.717) is 23.6 Å². The predicted octanol–water partition coefficient (Wildman–Crippen LogP) is 2.63. The van der Waals surface area contributed by atoms with Gasteiger partial charge in [-0.3, -0.25) is 9.59 Å². The van der Waals surface area contributed by atoms with E-state index in [4.69, 9.17) is 9.47 Å². The second-order valence-corrected chi connectivity index (χ2v) is 6.53. The van der Waals surface area contributed by atoms with Gasteiger partial charge in [-0.05, 0) is 17.7 Å². The first-order valence-corrected chi connectivity index (χ1v) is 8.74. The lowest BCUT2D eigenvalue weighted by Gasteiger charge is -2.27. The number of hydrogen-bond donors (Lipinski definition) is 1. The third-order valence-electron chi connectivity index (χ3n) is 4.47. The van der Waals surface area contributed by atoms with Gasteiger partial charge in [0.2, 0.25) is 18.6 Å². The van der Waals surface area contributed by atoms with Crippen LogP contribution in [0.1, 0.15) is 18.9 Å². The Morgan fingerprint density at radius 3 is 2.78 bits per heavy atom. The van der Waals surface area contributed by atoms with Gasteiger partial charge in [-0.25, -0.2) is 5.01 Å². The van der Waals surface area contributed by atoms with Crippen LogP contribution in [0.5, 0.6) is 11.5 Å². The first-order chi connectivity index (χ1) is 13.1. The number of amides is 2. The van der Waals surface area contributed by atoms with Crippen molar-refractivity contribution in [1.29, 1.82) is 0 Å². The molecule has 0 fully saturated rings. The molecule has 2 aromatic rings. The molecule has 2 heterocycles. The number of ether oxygens (including phenoxy) is 2. The predicted molar refractivity (Wildman–Crippen MR) is 99.7 cm³/mol. The van der Waals surface area contributed by atoms with Gasteiger partial charge in [0, 0.05) is 24.1 Å². The molecule has 1 atom stereocenters. The number of nitrogens with zero attached hydrogens (tertiary/aromatic N) is 2. The van der Waals surface area contributed by atoms with E-state index in [1.807, 2.05) is 37.3 Å². The summed E-state index contributed by atoms with van der Waals surface area (Å²) >= 11 is 0. The van der Waals surface area contributed by atoms with Gasteiger partial charge in [0.15, 0.2) is 11.5 Å². The molecular weight excluding hydrogens is 346 g/mol. The number of carbonyl (C=O) groups excluding carboxylic acids is 2. The lowest BCUT2D eigenvalue weighted by molar-refractivity contribution is -0.138. The zero-order chi connectivity index (χ0) is 18.8. The van der Waals surface area contributed by atoms with Crippen LogP contribution in [0.2, 0.25) is 0 Å². The summed E-state index contributed by atoms with van der Waals surface area (Å²) in [5.74, 6) is 0.518. The van der Waals surface area contributed by atoms with Crippen molar-refractivity contribution in [3.63, 3.8) is 0 Å². The number of carbonyl (C=O) groups is 2. The standard InChI is InChI=1S/C20H19N3O4/c1-13-9-16(14-5-3-2-4-6-14)22-23(20(13)25)11-19(24)21-15-7-8-17-18(10-15)27-12-26-17/h2-8,10,13H,9,11-12H2,1H3,(H,21,24)/t13-/m1/s1. The van der Waals surface area contributed by atoms with Gasteiger partial charge < -0.3 is 14.8 Å².